The average Bonchev–Trinajstić information content (AvgIpc) is 3.78. The van der Waals surface area contributed by atoms with Crippen molar-refractivity contribution in [1.82, 2.24) is 4.90 Å². The maximum Gasteiger partial charge on any atom is 0.329 e. The van der Waals surface area contributed by atoms with Crippen LogP contribution in [0.15, 0.2) is 53.6 Å². The number of hydrogen-bond donors (Lipinski definition) is 4. The first kappa shape index (κ1) is 54.9. The number of ketones is 2. The van der Waals surface area contributed by atoms with E-state index in [1.54, 1.807) is 32.3 Å². The highest BCUT2D eigenvalue weighted by molar-refractivity contribution is 7.19. The molecule has 1 aromatic carbocycles. The van der Waals surface area contributed by atoms with E-state index in [-0.39, 0.29) is 43.4 Å². The highest BCUT2D eigenvalue weighted by Gasteiger charge is 2.57. The number of carbonyl (C=O) groups excluding carboxylic acids is 4. The number of ether oxygens (including phenoxy) is 5. The van der Waals surface area contributed by atoms with Crippen molar-refractivity contribution in [3.05, 3.63) is 58.5 Å². The number of Topliss-reactive ketones (excluding diaryl/α,β-unsaturated/α-hetero) is 2. The van der Waals surface area contributed by atoms with Gasteiger partial charge in [0.25, 0.3) is 11.7 Å². The Morgan fingerprint density at radius 3 is 2.36 bits per heavy atom. The van der Waals surface area contributed by atoms with Gasteiger partial charge in [-0.2, -0.15) is 0 Å². The van der Waals surface area contributed by atoms with Crippen molar-refractivity contribution < 1.29 is 63.3 Å². The Kier molecular flexibility index (Phi) is 19.0. The summed E-state index contributed by atoms with van der Waals surface area (Å²) in [5.41, 5.74) is 0.407. The van der Waals surface area contributed by atoms with E-state index in [2.05, 4.69) is 0 Å². The molecule has 14 nitrogen and oxygen atoms in total. The summed E-state index contributed by atoms with van der Waals surface area (Å²) in [6, 6.07) is 8.80. The van der Waals surface area contributed by atoms with Gasteiger partial charge in [0.05, 0.1) is 36.1 Å². The molecular weight excluding hydrogens is 903 g/mol. The Morgan fingerprint density at radius 1 is 0.971 bits per heavy atom. The molecule has 0 radical (unpaired) electrons. The topological polar surface area (TPSA) is 199 Å². The molecule has 4 heterocycles. The van der Waals surface area contributed by atoms with E-state index in [1.807, 2.05) is 70.2 Å². The van der Waals surface area contributed by atoms with Crippen LogP contribution < -0.4 is 0 Å². The molecular formula is C54H79NO13S. The molecule has 2 bridgehead atoms. The van der Waals surface area contributed by atoms with Crippen molar-refractivity contribution in [3.8, 4) is 0 Å². The lowest BCUT2D eigenvalue weighted by Gasteiger charge is -2.47. The molecule has 15 unspecified atom stereocenters. The Bertz CT molecular complexity index is 2120. The van der Waals surface area contributed by atoms with Crippen LogP contribution >= 0.6 is 11.3 Å². The van der Waals surface area contributed by atoms with E-state index < -0.39 is 95.6 Å². The molecule has 15 atom stereocenters. The highest BCUT2D eigenvalue weighted by Crippen LogP contribution is 2.42. The van der Waals surface area contributed by atoms with E-state index >= 15 is 0 Å². The lowest BCUT2D eigenvalue weighted by Crippen LogP contribution is -2.64. The third kappa shape index (κ3) is 12.6. The van der Waals surface area contributed by atoms with Crippen LogP contribution in [-0.4, -0.2) is 131 Å². The molecule has 384 valence electrons. The molecule has 6 rings (SSSR count). The van der Waals surface area contributed by atoms with Crippen LogP contribution in [0, 0.1) is 29.6 Å². The Morgan fingerprint density at radius 2 is 1.68 bits per heavy atom. The SMILES string of the molecule is CCC1/C=C(\C)CC(C)CC(OC)C2OC(O)(C(=O)C(=O)N3CCCCC3C(=O)OC(C(C)=CC3CCC(O)(CCC(O)c4cc5ccccc5s4)C(OC)C3)C(C)C(O)CC1=O)C(C)CC2OC. The number of benzene rings is 1. The average molecular weight is 982 g/mol. The number of esters is 1. The Labute approximate surface area is 412 Å². The fraction of sp³-hybridized carbons (Fsp3) is 0.704. The summed E-state index contributed by atoms with van der Waals surface area (Å²) >= 11 is 1.54. The summed E-state index contributed by atoms with van der Waals surface area (Å²) in [6.07, 6.45) is 3.27. The molecule has 3 fully saturated rings. The zero-order valence-corrected chi connectivity index (χ0v) is 43.1. The molecule has 1 saturated carbocycles. The van der Waals surface area contributed by atoms with Crippen molar-refractivity contribution in [3.63, 3.8) is 0 Å². The van der Waals surface area contributed by atoms with Gasteiger partial charge < -0.3 is 49.0 Å². The molecule has 1 amide bonds. The van der Waals surface area contributed by atoms with Gasteiger partial charge in [-0.1, -0.05) is 63.6 Å². The second-order valence-electron chi connectivity index (χ2n) is 20.8. The summed E-state index contributed by atoms with van der Waals surface area (Å²) < 4.78 is 31.5. The largest absolute Gasteiger partial charge is 0.456 e. The predicted octanol–water partition coefficient (Wildman–Crippen LogP) is 7.57. The van der Waals surface area contributed by atoms with Gasteiger partial charge in [-0.05, 0) is 126 Å². The Balaban J connectivity index is 1.28. The second-order valence-corrected chi connectivity index (χ2v) is 22.0. The van der Waals surface area contributed by atoms with Crippen molar-refractivity contribution in [2.75, 3.05) is 27.9 Å². The van der Waals surface area contributed by atoms with Crippen LogP contribution in [0.25, 0.3) is 10.1 Å². The number of nitrogens with zero attached hydrogens (tertiary/aromatic N) is 1. The van der Waals surface area contributed by atoms with Crippen molar-refractivity contribution in [2.24, 2.45) is 29.6 Å². The molecule has 4 N–H and O–H groups in total. The fourth-order valence-electron chi connectivity index (χ4n) is 11.5. The van der Waals surface area contributed by atoms with Crippen LogP contribution in [0.2, 0.25) is 0 Å². The van der Waals surface area contributed by atoms with Gasteiger partial charge in [-0.15, -0.1) is 11.3 Å². The van der Waals surface area contributed by atoms with Gasteiger partial charge in [-0.3, -0.25) is 14.4 Å². The maximum absolute atomic E-state index is 14.6. The zero-order valence-electron chi connectivity index (χ0n) is 42.3. The van der Waals surface area contributed by atoms with Gasteiger partial charge in [0.1, 0.15) is 24.0 Å². The molecule has 1 aliphatic carbocycles. The van der Waals surface area contributed by atoms with E-state index in [1.165, 1.54) is 19.1 Å². The molecule has 3 aliphatic heterocycles. The summed E-state index contributed by atoms with van der Waals surface area (Å²) in [4.78, 5) is 59.4. The van der Waals surface area contributed by atoms with E-state index in [0.717, 1.165) is 20.5 Å². The number of aliphatic hydroxyl groups excluding tert-OH is 2. The number of cyclic esters (lactones) is 1. The number of amides is 1. The van der Waals surface area contributed by atoms with Gasteiger partial charge in [0.15, 0.2) is 0 Å². The maximum atomic E-state index is 14.6. The number of hydrogen-bond acceptors (Lipinski definition) is 14. The predicted molar refractivity (Wildman–Crippen MR) is 263 cm³/mol. The molecule has 15 heteroatoms. The molecule has 2 aromatic rings. The quantitative estimate of drug-likeness (QED) is 0.103. The number of methoxy groups -OCH3 is 3. The lowest BCUT2D eigenvalue weighted by molar-refractivity contribution is -0.302. The number of allylic oxidation sites excluding steroid dienone is 3. The first-order chi connectivity index (χ1) is 32.8. The number of aliphatic hydroxyl groups is 4. The number of carbonyl (C=O) groups is 4. The minimum absolute atomic E-state index is 0.0138. The fourth-order valence-corrected chi connectivity index (χ4v) is 12.6. The molecule has 4 aliphatic rings. The van der Waals surface area contributed by atoms with Crippen LogP contribution in [0.3, 0.4) is 0 Å². The van der Waals surface area contributed by atoms with Gasteiger partial charge in [0, 0.05) is 61.6 Å². The van der Waals surface area contributed by atoms with E-state index in [9.17, 15) is 39.6 Å². The number of thiophene rings is 1. The van der Waals surface area contributed by atoms with Crippen molar-refractivity contribution in [2.45, 2.75) is 185 Å². The highest BCUT2D eigenvalue weighted by atomic mass is 32.1. The molecule has 69 heavy (non-hydrogen) atoms. The number of piperidine rings is 1. The minimum Gasteiger partial charge on any atom is -0.456 e. The summed E-state index contributed by atoms with van der Waals surface area (Å²) in [6.45, 7) is 11.2. The first-order valence-corrected chi connectivity index (χ1v) is 26.1. The van der Waals surface area contributed by atoms with Crippen molar-refractivity contribution in [1.29, 1.82) is 0 Å². The third-order valence-corrected chi connectivity index (χ3v) is 17.0. The Hall–Kier alpha value is -3.38. The number of fused-ring (bicyclic) bond motifs is 4. The smallest absolute Gasteiger partial charge is 0.329 e. The van der Waals surface area contributed by atoms with E-state index in [0.29, 0.717) is 69.8 Å². The monoisotopic (exact) mass is 982 g/mol. The first-order valence-electron chi connectivity index (χ1n) is 25.3. The molecule has 2 saturated heterocycles. The number of rotatable bonds is 10. The summed E-state index contributed by atoms with van der Waals surface area (Å²) in [5.74, 6) is -7.87. The second kappa shape index (κ2) is 23.9. The van der Waals surface area contributed by atoms with Crippen LogP contribution in [0.4, 0.5) is 0 Å². The minimum atomic E-state index is -2.53. The third-order valence-electron chi connectivity index (χ3n) is 15.8. The van der Waals surface area contributed by atoms with Gasteiger partial charge in [0.2, 0.25) is 5.79 Å². The molecule has 1 aromatic heterocycles. The van der Waals surface area contributed by atoms with Gasteiger partial charge in [-0.25, -0.2) is 4.79 Å². The normalized spacial score (nSPS) is 37.6. The summed E-state index contributed by atoms with van der Waals surface area (Å²) in [7, 11) is 4.63. The van der Waals surface area contributed by atoms with E-state index in [4.69, 9.17) is 23.7 Å². The molecule has 0 spiro atoms. The zero-order chi connectivity index (χ0) is 50.4. The van der Waals surface area contributed by atoms with Crippen LogP contribution in [-0.2, 0) is 42.9 Å². The van der Waals surface area contributed by atoms with Gasteiger partial charge >= 0.3 is 5.97 Å². The van der Waals surface area contributed by atoms with Crippen LogP contribution in [0.1, 0.15) is 136 Å². The van der Waals surface area contributed by atoms with Crippen molar-refractivity contribution >= 4 is 44.9 Å². The van der Waals surface area contributed by atoms with Crippen LogP contribution in [0.5, 0.6) is 0 Å². The lowest BCUT2D eigenvalue weighted by atomic mass is 9.73. The summed E-state index contributed by atoms with van der Waals surface area (Å²) in [5, 5.41) is 48.3. The standard InChI is InChI=1S/C54H79NO13S/c1-10-37-24-31(2)23-32(3)25-43(64-7)49-44(65-8)27-34(5)54(63,68-49)50(59)51(60)55-22-14-13-16-39(55)52(61)67-48(35(6)41(57)30-42(37)58)33(4)26-36-18-20-53(62,47(28-36)66-9)21-19-40(56)46-29-38-15-11-12-17-45(38)69-46/h11-12,15,17,24,26,29,32,34-37,39-41,43-44,47-49,56-57,62-63H,10,13-14,16,18-23,25,27-28,30H2,1-9H3/b31-24+,33-26?.